The van der Waals surface area contributed by atoms with Crippen LogP contribution in [-0.4, -0.2) is 4.98 Å². The Morgan fingerprint density at radius 1 is 1.58 bits per heavy atom. The summed E-state index contributed by atoms with van der Waals surface area (Å²) in [6.07, 6.45) is -1.80. The average molecular weight is 174 g/mol. The van der Waals surface area contributed by atoms with Crippen molar-refractivity contribution in [3.63, 3.8) is 0 Å². The van der Waals surface area contributed by atoms with Crippen LogP contribution in [0.2, 0.25) is 0 Å². The van der Waals surface area contributed by atoms with Crippen molar-refractivity contribution in [2.45, 2.75) is 13.3 Å². The molecule has 0 radical (unpaired) electrons. The summed E-state index contributed by atoms with van der Waals surface area (Å²) < 4.78 is 24.1. The molecular weight excluding hydrogens is 166 g/mol. The summed E-state index contributed by atoms with van der Waals surface area (Å²) in [7, 11) is 0. The highest BCUT2D eigenvalue weighted by Gasteiger charge is 2.14. The molecule has 3 N–H and O–H groups in total. The first-order chi connectivity index (χ1) is 5.54. The normalized spacial score (nSPS) is 10.7. The van der Waals surface area contributed by atoms with E-state index < -0.39 is 17.4 Å². The summed E-state index contributed by atoms with van der Waals surface area (Å²) in [4.78, 5) is 13.5. The smallest absolute Gasteiger partial charge is 0.269 e. The summed E-state index contributed by atoms with van der Waals surface area (Å²) in [5, 5.41) is 0. The Balaban J connectivity index is 3.37. The van der Waals surface area contributed by atoms with Crippen LogP contribution in [0.15, 0.2) is 11.0 Å². The van der Waals surface area contributed by atoms with Crippen molar-refractivity contribution >= 4 is 5.69 Å². The van der Waals surface area contributed by atoms with Crippen LogP contribution in [0, 0.1) is 6.92 Å². The first kappa shape index (κ1) is 8.70. The van der Waals surface area contributed by atoms with Crippen LogP contribution >= 0.6 is 0 Å². The van der Waals surface area contributed by atoms with E-state index in [0.29, 0.717) is 5.69 Å². The largest absolute Gasteiger partial charge is 0.394 e. The molecule has 0 atom stereocenters. The highest BCUT2D eigenvalue weighted by Crippen LogP contribution is 2.15. The van der Waals surface area contributed by atoms with Crippen molar-refractivity contribution in [2.75, 3.05) is 5.73 Å². The molecular formula is C7H8F2N2O. The number of pyridine rings is 1. The average Bonchev–Trinajstić information content (AvgIpc) is 2.00. The molecule has 1 heterocycles. The Morgan fingerprint density at radius 2 is 2.17 bits per heavy atom. The quantitative estimate of drug-likeness (QED) is 0.672. The fourth-order valence-electron chi connectivity index (χ4n) is 0.817. The van der Waals surface area contributed by atoms with E-state index in [-0.39, 0.29) is 5.69 Å². The van der Waals surface area contributed by atoms with Gasteiger partial charge in [0.15, 0.2) is 0 Å². The van der Waals surface area contributed by atoms with Gasteiger partial charge in [0.1, 0.15) is 0 Å². The summed E-state index contributed by atoms with van der Waals surface area (Å²) in [5.41, 5.74) is 4.13. The van der Waals surface area contributed by atoms with E-state index in [1.54, 1.807) is 6.92 Å². The van der Waals surface area contributed by atoms with E-state index in [1.807, 2.05) is 0 Å². The van der Waals surface area contributed by atoms with Crippen molar-refractivity contribution < 1.29 is 8.78 Å². The van der Waals surface area contributed by atoms with Crippen LogP contribution in [0.3, 0.4) is 0 Å². The van der Waals surface area contributed by atoms with Gasteiger partial charge in [-0.1, -0.05) is 0 Å². The number of nitrogens with two attached hydrogens (primary N) is 1. The van der Waals surface area contributed by atoms with Gasteiger partial charge in [-0.15, -0.1) is 0 Å². The number of nitrogen functional groups attached to an aromatic ring is 1. The van der Waals surface area contributed by atoms with Crippen molar-refractivity contribution in [3.05, 3.63) is 27.7 Å². The number of H-pyrrole nitrogens is 1. The molecule has 0 aliphatic heterocycles. The van der Waals surface area contributed by atoms with Crippen LogP contribution in [0.1, 0.15) is 17.7 Å². The number of aryl methyl sites for hydroxylation is 1. The Kier molecular flexibility index (Phi) is 2.12. The van der Waals surface area contributed by atoms with E-state index in [4.69, 9.17) is 5.73 Å². The third-order valence-corrected chi connectivity index (χ3v) is 1.59. The van der Waals surface area contributed by atoms with E-state index >= 15 is 0 Å². The molecule has 1 aromatic rings. The number of hydrogen-bond donors (Lipinski definition) is 2. The molecule has 0 bridgehead atoms. The van der Waals surface area contributed by atoms with Gasteiger partial charge in [0, 0.05) is 11.9 Å². The van der Waals surface area contributed by atoms with E-state index in [9.17, 15) is 13.6 Å². The zero-order valence-electron chi connectivity index (χ0n) is 6.40. The molecule has 66 valence electrons. The number of aromatic amines is 1. The van der Waals surface area contributed by atoms with Gasteiger partial charge in [0.25, 0.3) is 6.43 Å². The molecule has 0 saturated heterocycles. The van der Waals surface area contributed by atoms with Crippen molar-refractivity contribution in [3.8, 4) is 0 Å². The van der Waals surface area contributed by atoms with Gasteiger partial charge < -0.3 is 10.7 Å². The van der Waals surface area contributed by atoms with Crippen LogP contribution in [0.5, 0.6) is 0 Å². The monoisotopic (exact) mass is 174 g/mol. The Labute approximate surface area is 67.2 Å². The number of anilines is 1. The lowest BCUT2D eigenvalue weighted by Gasteiger charge is -2.02. The summed E-state index contributed by atoms with van der Waals surface area (Å²) in [6.45, 7) is 1.55. The van der Waals surface area contributed by atoms with E-state index in [2.05, 4.69) is 4.98 Å². The van der Waals surface area contributed by atoms with Gasteiger partial charge in [-0.05, 0) is 6.92 Å². The zero-order chi connectivity index (χ0) is 9.30. The zero-order valence-corrected chi connectivity index (χ0v) is 6.40. The van der Waals surface area contributed by atoms with E-state index in [0.717, 1.165) is 6.20 Å². The van der Waals surface area contributed by atoms with Gasteiger partial charge in [-0.2, -0.15) is 0 Å². The fourth-order valence-corrected chi connectivity index (χ4v) is 0.817. The second kappa shape index (κ2) is 2.92. The molecule has 0 fully saturated rings. The van der Waals surface area contributed by atoms with Crippen molar-refractivity contribution in [1.82, 2.24) is 4.98 Å². The second-order valence-corrected chi connectivity index (χ2v) is 2.41. The molecule has 1 rings (SSSR count). The molecule has 0 aliphatic carbocycles. The first-order valence-corrected chi connectivity index (χ1v) is 3.30. The van der Waals surface area contributed by atoms with Gasteiger partial charge in [0.2, 0.25) is 5.43 Å². The third kappa shape index (κ3) is 1.30. The highest BCUT2D eigenvalue weighted by molar-refractivity contribution is 5.44. The molecule has 12 heavy (non-hydrogen) atoms. The molecule has 0 saturated carbocycles. The third-order valence-electron chi connectivity index (χ3n) is 1.59. The molecule has 1 aromatic heterocycles. The van der Waals surface area contributed by atoms with Crippen LogP contribution in [0.25, 0.3) is 0 Å². The maximum absolute atomic E-state index is 12.1. The number of aromatic nitrogens is 1. The summed E-state index contributed by atoms with van der Waals surface area (Å²) in [5.74, 6) is 0. The number of halogens is 2. The topological polar surface area (TPSA) is 58.9 Å². The highest BCUT2D eigenvalue weighted by atomic mass is 19.3. The minimum Gasteiger partial charge on any atom is -0.394 e. The molecule has 3 nitrogen and oxygen atoms in total. The van der Waals surface area contributed by atoms with Gasteiger partial charge in [-0.3, -0.25) is 4.79 Å². The Morgan fingerprint density at radius 3 is 2.67 bits per heavy atom. The molecule has 0 amide bonds. The molecule has 5 heteroatoms. The van der Waals surface area contributed by atoms with Crippen LogP contribution < -0.4 is 11.2 Å². The molecule has 0 aromatic carbocycles. The van der Waals surface area contributed by atoms with Gasteiger partial charge in [0.05, 0.1) is 11.3 Å². The SMILES string of the molecule is Cc1[nH]cc(C(F)F)c(=O)c1N. The molecule has 0 spiro atoms. The second-order valence-electron chi connectivity index (χ2n) is 2.41. The minimum absolute atomic E-state index is 0.146. The van der Waals surface area contributed by atoms with Gasteiger partial charge >= 0.3 is 0 Å². The molecule has 0 aliphatic rings. The van der Waals surface area contributed by atoms with Crippen LogP contribution in [-0.2, 0) is 0 Å². The number of alkyl halides is 2. The maximum Gasteiger partial charge on any atom is 0.269 e. The maximum atomic E-state index is 12.1. The summed E-state index contributed by atoms with van der Waals surface area (Å²) in [6, 6.07) is 0. The van der Waals surface area contributed by atoms with Gasteiger partial charge in [-0.25, -0.2) is 8.78 Å². The predicted octanol–water partition coefficient (Wildman–Crippen LogP) is 1.20. The summed E-state index contributed by atoms with van der Waals surface area (Å²) >= 11 is 0. The van der Waals surface area contributed by atoms with E-state index in [1.165, 1.54) is 0 Å². The minimum atomic E-state index is -2.78. The van der Waals surface area contributed by atoms with Crippen LogP contribution in [0.4, 0.5) is 14.5 Å². The lowest BCUT2D eigenvalue weighted by atomic mass is 10.2. The fraction of sp³-hybridized carbons (Fsp3) is 0.286. The van der Waals surface area contributed by atoms with Crippen molar-refractivity contribution in [2.24, 2.45) is 0 Å². The van der Waals surface area contributed by atoms with Crippen molar-refractivity contribution in [1.29, 1.82) is 0 Å². The Hall–Kier alpha value is -1.39. The number of hydrogen-bond acceptors (Lipinski definition) is 2. The lowest BCUT2D eigenvalue weighted by molar-refractivity contribution is 0.150. The number of nitrogens with one attached hydrogen (secondary N) is 1. The Bertz CT molecular complexity index is 346. The predicted molar refractivity (Wildman–Crippen MR) is 41.2 cm³/mol. The first-order valence-electron chi connectivity index (χ1n) is 3.30. The molecule has 0 unspecified atom stereocenters. The lowest BCUT2D eigenvalue weighted by Crippen LogP contribution is -2.16. The number of rotatable bonds is 1. The standard InChI is InChI=1S/C7H8F2N2O/c1-3-5(10)6(12)4(2-11-3)7(8)9/h2,7H,10H2,1H3,(H,11,12).